The van der Waals surface area contributed by atoms with Crippen LogP contribution in [-0.4, -0.2) is 24.2 Å². The van der Waals surface area contributed by atoms with Crippen LogP contribution in [0.2, 0.25) is 0 Å². The highest BCUT2D eigenvalue weighted by atomic mass is 16.5. The minimum Gasteiger partial charge on any atom is -0.491 e. The van der Waals surface area contributed by atoms with Crippen molar-refractivity contribution in [3.8, 4) is 11.6 Å². The maximum atomic E-state index is 5.16. The van der Waals surface area contributed by atoms with Crippen molar-refractivity contribution in [3.05, 3.63) is 72.9 Å². The fourth-order valence-electron chi connectivity index (χ4n) is 2.39. The molecule has 2 aromatic carbocycles. The lowest BCUT2D eigenvalue weighted by Crippen LogP contribution is -1.93. The Hall–Kier alpha value is -3.14. The Morgan fingerprint density at radius 1 is 0.708 bits per heavy atom. The molecule has 4 aromatic rings. The summed E-state index contributed by atoms with van der Waals surface area (Å²) in [6.07, 6.45) is 1.81. The number of rotatable bonds is 2. The quantitative estimate of drug-likeness (QED) is 0.546. The van der Waals surface area contributed by atoms with Crippen molar-refractivity contribution in [2.45, 2.75) is 0 Å². The van der Waals surface area contributed by atoms with Crippen molar-refractivity contribution in [1.82, 2.24) is 9.97 Å². The molecule has 24 heavy (non-hydrogen) atoms. The first-order valence-electron chi connectivity index (χ1n) is 7.59. The molecule has 0 fully saturated rings. The van der Waals surface area contributed by atoms with Crippen LogP contribution in [0.4, 0.5) is 0 Å². The SMILES string of the molecule is COc1cc2ccccc2nc1OC.c1ccc2ncccc2c1. The number of para-hydroxylation sites is 2. The lowest BCUT2D eigenvalue weighted by Gasteiger charge is -2.07. The third-order valence-electron chi connectivity index (χ3n) is 3.58. The van der Waals surface area contributed by atoms with Gasteiger partial charge in [-0.25, -0.2) is 4.98 Å². The molecule has 2 heterocycles. The standard InChI is InChI=1S/C11H11NO2.C9H7N/c1-13-10-7-8-5-3-4-6-9(8)12-11(10)14-2;1-2-6-9-8(4-1)5-3-7-10-9/h3-7H,1-2H3;1-7H. The lowest BCUT2D eigenvalue weighted by atomic mass is 10.2. The Balaban J connectivity index is 0.000000149. The number of hydrogen-bond acceptors (Lipinski definition) is 4. The number of ether oxygens (including phenoxy) is 2. The molecule has 0 aliphatic heterocycles. The van der Waals surface area contributed by atoms with E-state index in [1.165, 1.54) is 5.39 Å². The Labute approximate surface area is 140 Å². The zero-order chi connectivity index (χ0) is 16.8. The molecule has 2 aromatic heterocycles. The van der Waals surface area contributed by atoms with Gasteiger partial charge in [0.1, 0.15) is 0 Å². The Morgan fingerprint density at radius 2 is 1.38 bits per heavy atom. The predicted molar refractivity (Wildman–Crippen MR) is 96.6 cm³/mol. The average molecular weight is 318 g/mol. The third-order valence-corrected chi connectivity index (χ3v) is 3.58. The zero-order valence-corrected chi connectivity index (χ0v) is 13.6. The summed E-state index contributed by atoms with van der Waals surface area (Å²) in [7, 11) is 3.19. The van der Waals surface area contributed by atoms with Crippen molar-refractivity contribution in [1.29, 1.82) is 0 Å². The summed E-state index contributed by atoms with van der Waals surface area (Å²) in [6.45, 7) is 0. The van der Waals surface area contributed by atoms with Crippen molar-refractivity contribution in [2.24, 2.45) is 0 Å². The summed E-state index contributed by atoms with van der Waals surface area (Å²) in [4.78, 5) is 8.50. The van der Waals surface area contributed by atoms with E-state index < -0.39 is 0 Å². The van der Waals surface area contributed by atoms with Crippen molar-refractivity contribution in [3.63, 3.8) is 0 Å². The highest BCUT2D eigenvalue weighted by molar-refractivity contribution is 5.81. The van der Waals surface area contributed by atoms with E-state index in [9.17, 15) is 0 Å². The van der Waals surface area contributed by atoms with Gasteiger partial charge in [0.05, 0.1) is 25.3 Å². The van der Waals surface area contributed by atoms with E-state index in [-0.39, 0.29) is 0 Å². The molecule has 0 spiro atoms. The minimum atomic E-state index is 0.520. The van der Waals surface area contributed by atoms with Crippen LogP contribution in [0, 0.1) is 0 Å². The molecule has 4 rings (SSSR count). The summed E-state index contributed by atoms with van der Waals surface area (Å²) >= 11 is 0. The van der Waals surface area contributed by atoms with E-state index >= 15 is 0 Å². The van der Waals surface area contributed by atoms with E-state index in [4.69, 9.17) is 9.47 Å². The van der Waals surface area contributed by atoms with E-state index in [2.05, 4.69) is 22.1 Å². The maximum Gasteiger partial charge on any atom is 0.257 e. The van der Waals surface area contributed by atoms with Gasteiger partial charge in [-0.2, -0.15) is 0 Å². The van der Waals surface area contributed by atoms with Gasteiger partial charge in [0.15, 0.2) is 5.75 Å². The first-order chi connectivity index (χ1) is 11.8. The van der Waals surface area contributed by atoms with Gasteiger partial charge in [0.2, 0.25) is 0 Å². The molecule has 0 unspecified atom stereocenters. The zero-order valence-electron chi connectivity index (χ0n) is 13.6. The Kier molecular flexibility index (Phi) is 4.87. The van der Waals surface area contributed by atoms with Crippen LogP contribution in [0.15, 0.2) is 72.9 Å². The molecule has 120 valence electrons. The molecule has 0 saturated heterocycles. The summed E-state index contributed by atoms with van der Waals surface area (Å²) in [5, 5.41) is 2.25. The molecule has 0 aliphatic carbocycles. The van der Waals surface area contributed by atoms with E-state index in [0.717, 1.165) is 16.4 Å². The monoisotopic (exact) mass is 318 g/mol. The second-order valence-electron chi connectivity index (χ2n) is 5.09. The van der Waals surface area contributed by atoms with Crippen LogP contribution in [0.1, 0.15) is 0 Å². The smallest absolute Gasteiger partial charge is 0.257 e. The van der Waals surface area contributed by atoms with Crippen LogP contribution in [0.25, 0.3) is 21.8 Å². The fraction of sp³-hybridized carbons (Fsp3) is 0.100. The van der Waals surface area contributed by atoms with E-state index in [1.54, 1.807) is 14.2 Å². The second-order valence-corrected chi connectivity index (χ2v) is 5.09. The average Bonchev–Trinajstić information content (AvgIpc) is 2.67. The van der Waals surface area contributed by atoms with Crippen LogP contribution >= 0.6 is 0 Å². The number of benzene rings is 2. The van der Waals surface area contributed by atoms with Gasteiger partial charge in [-0.3, -0.25) is 4.98 Å². The largest absolute Gasteiger partial charge is 0.491 e. The molecular weight excluding hydrogens is 300 g/mol. The summed E-state index contributed by atoms with van der Waals surface area (Å²) < 4.78 is 10.3. The van der Waals surface area contributed by atoms with Gasteiger partial charge in [-0.1, -0.05) is 42.5 Å². The highest BCUT2D eigenvalue weighted by Gasteiger charge is 2.06. The van der Waals surface area contributed by atoms with Crippen LogP contribution in [0.5, 0.6) is 11.6 Å². The predicted octanol–water partition coefficient (Wildman–Crippen LogP) is 4.49. The minimum absolute atomic E-state index is 0.520. The van der Waals surface area contributed by atoms with Crippen molar-refractivity contribution in [2.75, 3.05) is 14.2 Å². The van der Waals surface area contributed by atoms with Crippen LogP contribution in [-0.2, 0) is 0 Å². The number of nitrogens with zero attached hydrogens (tertiary/aromatic N) is 2. The van der Waals surface area contributed by atoms with Crippen LogP contribution < -0.4 is 9.47 Å². The molecule has 0 aliphatic rings. The maximum absolute atomic E-state index is 5.16. The number of hydrogen-bond donors (Lipinski definition) is 0. The van der Waals surface area contributed by atoms with Gasteiger partial charge in [0.25, 0.3) is 5.88 Å². The molecule has 0 atom stereocenters. The topological polar surface area (TPSA) is 44.2 Å². The van der Waals surface area contributed by atoms with Gasteiger partial charge in [-0.05, 0) is 24.3 Å². The van der Waals surface area contributed by atoms with Crippen molar-refractivity contribution < 1.29 is 9.47 Å². The molecule has 0 saturated carbocycles. The summed E-state index contributed by atoms with van der Waals surface area (Å²) in [6, 6.07) is 21.8. The van der Waals surface area contributed by atoms with Crippen molar-refractivity contribution >= 4 is 21.8 Å². The normalized spacial score (nSPS) is 10.1. The molecule has 4 nitrogen and oxygen atoms in total. The number of methoxy groups -OCH3 is 2. The molecule has 0 radical (unpaired) electrons. The fourth-order valence-corrected chi connectivity index (χ4v) is 2.39. The third kappa shape index (κ3) is 3.43. The van der Waals surface area contributed by atoms with Gasteiger partial charge in [-0.15, -0.1) is 0 Å². The number of aromatic nitrogens is 2. The van der Waals surface area contributed by atoms with E-state index in [1.807, 2.05) is 60.8 Å². The first kappa shape index (κ1) is 15.7. The highest BCUT2D eigenvalue weighted by Crippen LogP contribution is 2.28. The molecule has 0 N–H and O–H groups in total. The molecular formula is C20H18N2O2. The molecule has 0 amide bonds. The molecule has 0 bridgehead atoms. The van der Waals surface area contributed by atoms with Gasteiger partial charge < -0.3 is 9.47 Å². The summed E-state index contributed by atoms with van der Waals surface area (Å²) in [5.74, 6) is 1.18. The Bertz CT molecular complexity index is 846. The first-order valence-corrected chi connectivity index (χ1v) is 7.59. The molecule has 4 heteroatoms. The number of pyridine rings is 2. The number of fused-ring (bicyclic) bond motifs is 2. The second kappa shape index (κ2) is 7.42. The Morgan fingerprint density at radius 3 is 2.08 bits per heavy atom. The van der Waals surface area contributed by atoms with Gasteiger partial charge in [0, 0.05) is 17.0 Å². The van der Waals surface area contributed by atoms with E-state index in [0.29, 0.717) is 11.6 Å². The van der Waals surface area contributed by atoms with Gasteiger partial charge >= 0.3 is 0 Å². The van der Waals surface area contributed by atoms with Crippen LogP contribution in [0.3, 0.4) is 0 Å². The lowest BCUT2D eigenvalue weighted by molar-refractivity contribution is 0.345. The summed E-state index contributed by atoms with van der Waals surface area (Å²) in [5.41, 5.74) is 1.97.